The summed E-state index contributed by atoms with van der Waals surface area (Å²) in [6, 6.07) is 0.620. The molecule has 112 valence electrons. The largest absolute Gasteiger partial charge is 0.377 e. The number of hydrogen-bond donors (Lipinski definition) is 1. The SMILES string of the molecule is CCCNC(C1CCCC(CC)C1)C1CCCCO1. The third-order valence-corrected chi connectivity index (χ3v) is 5.15. The molecule has 0 bridgehead atoms. The minimum absolute atomic E-state index is 0.487. The predicted octanol–water partition coefficient (Wildman–Crippen LogP) is 4.14. The second-order valence-electron chi connectivity index (χ2n) is 6.59. The van der Waals surface area contributed by atoms with Gasteiger partial charge in [-0.1, -0.05) is 33.1 Å². The molecule has 0 amide bonds. The summed E-state index contributed by atoms with van der Waals surface area (Å²) in [5.41, 5.74) is 0. The highest BCUT2D eigenvalue weighted by Gasteiger charge is 2.33. The molecule has 1 heterocycles. The maximum Gasteiger partial charge on any atom is 0.0730 e. The summed E-state index contributed by atoms with van der Waals surface area (Å²) < 4.78 is 6.10. The Kier molecular flexibility index (Phi) is 6.66. The van der Waals surface area contributed by atoms with E-state index >= 15 is 0 Å². The molecule has 4 atom stereocenters. The van der Waals surface area contributed by atoms with Crippen LogP contribution in [0.15, 0.2) is 0 Å². The monoisotopic (exact) mass is 267 g/mol. The molecule has 2 aliphatic rings. The summed E-state index contributed by atoms with van der Waals surface area (Å²) >= 11 is 0. The Morgan fingerprint density at radius 3 is 2.68 bits per heavy atom. The smallest absolute Gasteiger partial charge is 0.0730 e. The van der Waals surface area contributed by atoms with E-state index in [1.54, 1.807) is 0 Å². The standard InChI is InChI=1S/C17H33NO/c1-3-11-18-17(16-10-5-6-12-19-16)15-9-7-8-14(4-2)13-15/h14-18H,3-13H2,1-2H3. The second kappa shape index (κ2) is 8.26. The zero-order chi connectivity index (χ0) is 13.5. The van der Waals surface area contributed by atoms with E-state index in [2.05, 4.69) is 19.2 Å². The molecule has 1 saturated carbocycles. The summed E-state index contributed by atoms with van der Waals surface area (Å²) in [4.78, 5) is 0. The van der Waals surface area contributed by atoms with Crippen molar-refractivity contribution in [1.82, 2.24) is 5.32 Å². The zero-order valence-corrected chi connectivity index (χ0v) is 13.0. The van der Waals surface area contributed by atoms with Gasteiger partial charge in [-0.05, 0) is 56.9 Å². The van der Waals surface area contributed by atoms with Crippen LogP contribution in [0.5, 0.6) is 0 Å². The normalized spacial score (nSPS) is 34.1. The van der Waals surface area contributed by atoms with Gasteiger partial charge >= 0.3 is 0 Å². The van der Waals surface area contributed by atoms with E-state index in [4.69, 9.17) is 4.74 Å². The van der Waals surface area contributed by atoms with Crippen LogP contribution in [-0.4, -0.2) is 25.3 Å². The third kappa shape index (κ3) is 4.46. The van der Waals surface area contributed by atoms with Crippen LogP contribution < -0.4 is 5.32 Å². The summed E-state index contributed by atoms with van der Waals surface area (Å²) in [5, 5.41) is 3.83. The van der Waals surface area contributed by atoms with Crippen molar-refractivity contribution in [2.75, 3.05) is 13.2 Å². The lowest BCUT2D eigenvalue weighted by Gasteiger charge is -2.40. The highest BCUT2D eigenvalue weighted by molar-refractivity contribution is 4.88. The third-order valence-electron chi connectivity index (χ3n) is 5.15. The molecule has 1 aliphatic heterocycles. The molecular weight excluding hydrogens is 234 g/mol. The first-order chi connectivity index (χ1) is 9.35. The van der Waals surface area contributed by atoms with E-state index in [1.807, 2.05) is 0 Å². The molecular formula is C17H33NO. The Balaban J connectivity index is 1.94. The molecule has 0 aromatic heterocycles. The predicted molar refractivity (Wildman–Crippen MR) is 81.4 cm³/mol. The summed E-state index contributed by atoms with van der Waals surface area (Å²) in [7, 11) is 0. The van der Waals surface area contributed by atoms with E-state index in [1.165, 1.54) is 57.8 Å². The highest BCUT2D eigenvalue weighted by atomic mass is 16.5. The fourth-order valence-electron chi connectivity index (χ4n) is 3.99. The Bertz CT molecular complexity index is 237. The number of hydrogen-bond acceptors (Lipinski definition) is 2. The quantitative estimate of drug-likeness (QED) is 0.781. The van der Waals surface area contributed by atoms with Gasteiger partial charge in [-0.2, -0.15) is 0 Å². The van der Waals surface area contributed by atoms with Gasteiger partial charge in [0.2, 0.25) is 0 Å². The molecule has 2 heteroatoms. The van der Waals surface area contributed by atoms with Gasteiger partial charge in [0.05, 0.1) is 6.10 Å². The van der Waals surface area contributed by atoms with Crippen molar-refractivity contribution in [1.29, 1.82) is 0 Å². The Morgan fingerprint density at radius 2 is 2.00 bits per heavy atom. The van der Waals surface area contributed by atoms with Gasteiger partial charge in [-0.15, -0.1) is 0 Å². The van der Waals surface area contributed by atoms with E-state index in [-0.39, 0.29) is 0 Å². The lowest BCUT2D eigenvalue weighted by atomic mass is 9.74. The van der Waals surface area contributed by atoms with Crippen molar-refractivity contribution in [3.8, 4) is 0 Å². The minimum Gasteiger partial charge on any atom is -0.377 e. The van der Waals surface area contributed by atoms with Crippen LogP contribution in [0.3, 0.4) is 0 Å². The van der Waals surface area contributed by atoms with Crippen LogP contribution in [-0.2, 0) is 4.74 Å². The summed E-state index contributed by atoms with van der Waals surface area (Å²) in [6.07, 6.45) is 12.7. The maximum absolute atomic E-state index is 6.10. The Labute approximate surface area is 119 Å². The van der Waals surface area contributed by atoms with Crippen molar-refractivity contribution in [2.45, 2.75) is 83.8 Å². The Morgan fingerprint density at radius 1 is 1.11 bits per heavy atom. The second-order valence-corrected chi connectivity index (χ2v) is 6.59. The number of nitrogens with one attached hydrogen (secondary N) is 1. The minimum atomic E-state index is 0.487. The molecule has 0 aromatic carbocycles. The Hall–Kier alpha value is -0.0800. The average molecular weight is 267 g/mol. The van der Waals surface area contributed by atoms with Crippen molar-refractivity contribution in [3.05, 3.63) is 0 Å². The fourth-order valence-corrected chi connectivity index (χ4v) is 3.99. The summed E-state index contributed by atoms with van der Waals surface area (Å²) in [5.74, 6) is 1.82. The van der Waals surface area contributed by atoms with Crippen LogP contribution in [0.2, 0.25) is 0 Å². The molecule has 1 N–H and O–H groups in total. The van der Waals surface area contributed by atoms with E-state index in [0.29, 0.717) is 12.1 Å². The van der Waals surface area contributed by atoms with E-state index in [0.717, 1.165) is 25.0 Å². The molecule has 19 heavy (non-hydrogen) atoms. The van der Waals surface area contributed by atoms with Crippen molar-refractivity contribution >= 4 is 0 Å². The molecule has 0 radical (unpaired) electrons. The van der Waals surface area contributed by atoms with Crippen LogP contribution in [0, 0.1) is 11.8 Å². The lowest BCUT2D eigenvalue weighted by molar-refractivity contribution is -0.0280. The van der Waals surface area contributed by atoms with Gasteiger partial charge in [0.15, 0.2) is 0 Å². The van der Waals surface area contributed by atoms with Crippen LogP contribution in [0.1, 0.15) is 71.6 Å². The molecule has 4 unspecified atom stereocenters. The van der Waals surface area contributed by atoms with Gasteiger partial charge in [0.25, 0.3) is 0 Å². The van der Waals surface area contributed by atoms with Crippen LogP contribution >= 0.6 is 0 Å². The van der Waals surface area contributed by atoms with Crippen molar-refractivity contribution in [3.63, 3.8) is 0 Å². The fraction of sp³-hybridized carbons (Fsp3) is 1.00. The zero-order valence-electron chi connectivity index (χ0n) is 13.0. The number of ether oxygens (including phenoxy) is 1. The van der Waals surface area contributed by atoms with Gasteiger partial charge in [-0.3, -0.25) is 0 Å². The molecule has 2 fully saturated rings. The molecule has 0 aromatic rings. The molecule has 2 rings (SSSR count). The van der Waals surface area contributed by atoms with Crippen molar-refractivity contribution < 1.29 is 4.74 Å². The molecule has 0 spiro atoms. The molecule has 1 saturated heterocycles. The topological polar surface area (TPSA) is 21.3 Å². The summed E-state index contributed by atoms with van der Waals surface area (Å²) in [6.45, 7) is 6.76. The first-order valence-electron chi connectivity index (χ1n) is 8.70. The van der Waals surface area contributed by atoms with E-state index in [9.17, 15) is 0 Å². The van der Waals surface area contributed by atoms with Gasteiger partial charge in [0.1, 0.15) is 0 Å². The highest BCUT2D eigenvalue weighted by Crippen LogP contribution is 2.35. The maximum atomic E-state index is 6.10. The first kappa shape index (κ1) is 15.3. The van der Waals surface area contributed by atoms with E-state index < -0.39 is 0 Å². The van der Waals surface area contributed by atoms with Gasteiger partial charge in [-0.25, -0.2) is 0 Å². The molecule has 2 nitrogen and oxygen atoms in total. The van der Waals surface area contributed by atoms with Crippen molar-refractivity contribution in [2.24, 2.45) is 11.8 Å². The lowest BCUT2D eigenvalue weighted by Crippen LogP contribution is -2.49. The van der Waals surface area contributed by atoms with Gasteiger partial charge < -0.3 is 10.1 Å². The molecule has 1 aliphatic carbocycles. The van der Waals surface area contributed by atoms with Crippen LogP contribution in [0.4, 0.5) is 0 Å². The van der Waals surface area contributed by atoms with Crippen LogP contribution in [0.25, 0.3) is 0 Å². The van der Waals surface area contributed by atoms with Gasteiger partial charge in [0, 0.05) is 12.6 Å². The average Bonchev–Trinajstić information content (AvgIpc) is 2.49. The first-order valence-corrected chi connectivity index (χ1v) is 8.70. The number of rotatable bonds is 6.